The van der Waals surface area contributed by atoms with Crippen molar-refractivity contribution in [3.63, 3.8) is 0 Å². The van der Waals surface area contributed by atoms with Crippen LogP contribution in [0.4, 0.5) is 0 Å². The van der Waals surface area contributed by atoms with Crippen molar-refractivity contribution in [2.75, 3.05) is 13.7 Å². The largest absolute Gasteiger partial charge is 0.496 e. The predicted molar refractivity (Wildman–Crippen MR) is 71.7 cm³/mol. The Balaban J connectivity index is 2.30. The van der Waals surface area contributed by atoms with E-state index in [-0.39, 0.29) is 0 Å². The van der Waals surface area contributed by atoms with E-state index in [1.165, 1.54) is 12.0 Å². The number of nitrogens with one attached hydrogen (secondary N) is 1. The number of ether oxygens (including phenoxy) is 1. The molecule has 3 unspecified atom stereocenters. The zero-order valence-electron chi connectivity index (χ0n) is 10.7. The van der Waals surface area contributed by atoms with Crippen molar-refractivity contribution in [1.82, 2.24) is 5.32 Å². The normalized spacial score (nSPS) is 24.5. The highest BCUT2D eigenvalue weighted by atomic mass is 35.5. The Kier molecular flexibility index (Phi) is 3.95. The van der Waals surface area contributed by atoms with Gasteiger partial charge in [0.1, 0.15) is 5.75 Å². The smallest absolute Gasteiger partial charge is 0.123 e. The Morgan fingerprint density at radius 2 is 2.24 bits per heavy atom. The summed E-state index contributed by atoms with van der Waals surface area (Å²) in [6.45, 7) is 5.40. The summed E-state index contributed by atoms with van der Waals surface area (Å²) in [4.78, 5) is 0. The number of hydrogen-bond donors (Lipinski definition) is 1. The molecule has 0 radical (unpaired) electrons. The van der Waals surface area contributed by atoms with Crippen molar-refractivity contribution in [2.24, 2.45) is 11.8 Å². The summed E-state index contributed by atoms with van der Waals surface area (Å²) in [5.74, 6) is 2.43. The van der Waals surface area contributed by atoms with Crippen LogP contribution in [0, 0.1) is 11.8 Å². The van der Waals surface area contributed by atoms with Gasteiger partial charge >= 0.3 is 0 Å². The van der Waals surface area contributed by atoms with Crippen LogP contribution in [0.2, 0.25) is 5.02 Å². The summed E-state index contributed by atoms with van der Waals surface area (Å²) < 4.78 is 5.44. The van der Waals surface area contributed by atoms with E-state index in [1.807, 2.05) is 18.2 Å². The molecule has 3 heteroatoms. The molecule has 1 aromatic rings. The third kappa shape index (κ3) is 2.75. The Morgan fingerprint density at radius 3 is 2.76 bits per heavy atom. The third-order valence-electron chi connectivity index (χ3n) is 3.55. The van der Waals surface area contributed by atoms with E-state index in [0.717, 1.165) is 23.2 Å². The molecule has 0 aromatic heterocycles. The highest BCUT2D eigenvalue weighted by Crippen LogP contribution is 2.48. The molecule has 0 amide bonds. The second kappa shape index (κ2) is 5.28. The fourth-order valence-corrected chi connectivity index (χ4v) is 2.66. The molecule has 3 atom stereocenters. The lowest BCUT2D eigenvalue weighted by molar-refractivity contribution is 0.389. The van der Waals surface area contributed by atoms with Crippen LogP contribution in [0.5, 0.6) is 5.75 Å². The number of rotatable bonds is 5. The van der Waals surface area contributed by atoms with Crippen LogP contribution in [0.1, 0.15) is 31.9 Å². The monoisotopic (exact) mass is 253 g/mol. The van der Waals surface area contributed by atoms with Crippen molar-refractivity contribution >= 4 is 11.6 Å². The minimum absolute atomic E-state index is 0.364. The summed E-state index contributed by atoms with van der Waals surface area (Å²) in [6.07, 6.45) is 1.29. The average molecular weight is 254 g/mol. The van der Waals surface area contributed by atoms with Crippen LogP contribution in [-0.4, -0.2) is 13.7 Å². The second-order valence-corrected chi connectivity index (χ2v) is 5.23. The van der Waals surface area contributed by atoms with Crippen molar-refractivity contribution in [1.29, 1.82) is 0 Å². The molecule has 1 saturated carbocycles. The summed E-state index contributed by atoms with van der Waals surface area (Å²) in [5.41, 5.74) is 1.19. The maximum atomic E-state index is 6.10. The fourth-order valence-electron chi connectivity index (χ4n) is 2.48. The first-order chi connectivity index (χ1) is 8.17. The molecule has 94 valence electrons. The summed E-state index contributed by atoms with van der Waals surface area (Å²) in [6, 6.07) is 6.22. The van der Waals surface area contributed by atoms with Crippen LogP contribution < -0.4 is 10.1 Å². The van der Waals surface area contributed by atoms with Gasteiger partial charge < -0.3 is 10.1 Å². The summed E-state index contributed by atoms with van der Waals surface area (Å²) >= 11 is 6.10. The molecular weight excluding hydrogens is 234 g/mol. The van der Waals surface area contributed by atoms with Gasteiger partial charge in [-0.15, -0.1) is 0 Å². The Labute approximate surface area is 108 Å². The third-order valence-corrected chi connectivity index (χ3v) is 3.79. The highest BCUT2D eigenvalue weighted by molar-refractivity contribution is 6.30. The van der Waals surface area contributed by atoms with Crippen LogP contribution in [0.25, 0.3) is 0 Å². The molecule has 1 fully saturated rings. The minimum atomic E-state index is 0.364. The molecule has 2 rings (SSSR count). The van der Waals surface area contributed by atoms with Gasteiger partial charge in [0, 0.05) is 16.6 Å². The standard InChI is InChI=1S/C14H20ClNO/c1-4-16-14(11-7-9(11)2)12-8-10(15)5-6-13(12)17-3/h5-6,8-9,11,14,16H,4,7H2,1-3H3. The summed E-state index contributed by atoms with van der Waals surface area (Å²) in [7, 11) is 1.71. The molecule has 17 heavy (non-hydrogen) atoms. The van der Waals surface area contributed by atoms with Gasteiger partial charge in [-0.2, -0.15) is 0 Å². The van der Waals surface area contributed by atoms with E-state index in [0.29, 0.717) is 12.0 Å². The lowest BCUT2D eigenvalue weighted by Gasteiger charge is -2.21. The lowest BCUT2D eigenvalue weighted by Crippen LogP contribution is -2.23. The molecule has 1 aliphatic carbocycles. The van der Waals surface area contributed by atoms with Crippen molar-refractivity contribution in [2.45, 2.75) is 26.3 Å². The molecule has 1 N–H and O–H groups in total. The zero-order valence-corrected chi connectivity index (χ0v) is 11.4. The molecule has 0 spiro atoms. The molecular formula is C14H20ClNO. The van der Waals surface area contributed by atoms with E-state index in [2.05, 4.69) is 19.2 Å². The van der Waals surface area contributed by atoms with Gasteiger partial charge in [-0.05, 0) is 43.0 Å². The van der Waals surface area contributed by atoms with Crippen LogP contribution in [0.3, 0.4) is 0 Å². The molecule has 0 saturated heterocycles. The maximum absolute atomic E-state index is 6.10. The fraction of sp³-hybridized carbons (Fsp3) is 0.571. The van der Waals surface area contributed by atoms with Gasteiger partial charge in [-0.1, -0.05) is 25.4 Å². The van der Waals surface area contributed by atoms with E-state index in [4.69, 9.17) is 16.3 Å². The van der Waals surface area contributed by atoms with Gasteiger partial charge in [0.2, 0.25) is 0 Å². The van der Waals surface area contributed by atoms with Gasteiger partial charge in [0.25, 0.3) is 0 Å². The topological polar surface area (TPSA) is 21.3 Å². The zero-order chi connectivity index (χ0) is 12.4. The Bertz CT molecular complexity index is 394. The quantitative estimate of drug-likeness (QED) is 0.865. The number of halogens is 1. The van der Waals surface area contributed by atoms with Crippen LogP contribution in [-0.2, 0) is 0 Å². The van der Waals surface area contributed by atoms with Crippen LogP contribution in [0.15, 0.2) is 18.2 Å². The van der Waals surface area contributed by atoms with Gasteiger partial charge in [0.15, 0.2) is 0 Å². The Morgan fingerprint density at radius 1 is 1.53 bits per heavy atom. The van der Waals surface area contributed by atoms with Crippen molar-refractivity contribution < 1.29 is 4.74 Å². The van der Waals surface area contributed by atoms with E-state index in [1.54, 1.807) is 7.11 Å². The van der Waals surface area contributed by atoms with Gasteiger partial charge in [0.05, 0.1) is 7.11 Å². The Hall–Kier alpha value is -0.730. The average Bonchev–Trinajstić information content (AvgIpc) is 3.03. The number of methoxy groups -OCH3 is 1. The number of benzene rings is 1. The van der Waals surface area contributed by atoms with E-state index in [9.17, 15) is 0 Å². The number of hydrogen-bond acceptors (Lipinski definition) is 2. The van der Waals surface area contributed by atoms with E-state index >= 15 is 0 Å². The molecule has 0 bridgehead atoms. The first-order valence-corrected chi connectivity index (χ1v) is 6.62. The van der Waals surface area contributed by atoms with Crippen LogP contribution >= 0.6 is 11.6 Å². The second-order valence-electron chi connectivity index (χ2n) is 4.80. The predicted octanol–water partition coefficient (Wildman–Crippen LogP) is 3.66. The highest BCUT2D eigenvalue weighted by Gasteiger charge is 2.40. The van der Waals surface area contributed by atoms with E-state index < -0.39 is 0 Å². The molecule has 1 aliphatic rings. The molecule has 0 heterocycles. The summed E-state index contributed by atoms with van der Waals surface area (Å²) in [5, 5.41) is 4.33. The molecule has 2 nitrogen and oxygen atoms in total. The first kappa shape index (κ1) is 12.7. The minimum Gasteiger partial charge on any atom is -0.496 e. The van der Waals surface area contributed by atoms with Crippen molar-refractivity contribution in [3.8, 4) is 5.75 Å². The SMILES string of the molecule is CCNC(c1cc(Cl)ccc1OC)C1CC1C. The van der Waals surface area contributed by atoms with Gasteiger partial charge in [-0.3, -0.25) is 0 Å². The maximum Gasteiger partial charge on any atom is 0.123 e. The lowest BCUT2D eigenvalue weighted by atomic mass is 10.00. The van der Waals surface area contributed by atoms with Crippen molar-refractivity contribution in [3.05, 3.63) is 28.8 Å². The molecule has 0 aliphatic heterocycles. The first-order valence-electron chi connectivity index (χ1n) is 6.24. The van der Waals surface area contributed by atoms with Gasteiger partial charge in [-0.25, -0.2) is 0 Å². The molecule has 1 aromatic carbocycles.